The quantitative estimate of drug-likeness (QED) is 0.0794. The van der Waals surface area contributed by atoms with Crippen LogP contribution in [-0.4, -0.2) is 4.57 Å². The van der Waals surface area contributed by atoms with Crippen LogP contribution in [-0.2, 0) is 19.5 Å². The van der Waals surface area contributed by atoms with Crippen molar-refractivity contribution in [3.8, 4) is 0 Å². The Labute approximate surface area is 228 Å². The summed E-state index contributed by atoms with van der Waals surface area (Å²) in [5.41, 5.74) is 0. The van der Waals surface area contributed by atoms with Gasteiger partial charge in [-0.15, -0.1) is 0 Å². The van der Waals surface area contributed by atoms with Gasteiger partial charge in [0, 0.05) is 6.42 Å². The third-order valence-electron chi connectivity index (χ3n) is 8.10. The van der Waals surface area contributed by atoms with Crippen LogP contribution in [0.5, 0.6) is 0 Å². The van der Waals surface area contributed by atoms with Gasteiger partial charge in [0.05, 0.1) is 13.1 Å². The van der Waals surface area contributed by atoms with Gasteiger partial charge in [0.2, 0.25) is 0 Å². The molecule has 36 heavy (non-hydrogen) atoms. The maximum Gasteiger partial charge on any atom is 0.256 e. The molecule has 1 aromatic heterocycles. The van der Waals surface area contributed by atoms with Crippen LogP contribution in [0.2, 0.25) is 0 Å². The minimum Gasteiger partial charge on any atom is -0.234 e. The molecule has 2 nitrogen and oxygen atoms in total. The van der Waals surface area contributed by atoms with Crippen LogP contribution in [0.15, 0.2) is 12.4 Å². The summed E-state index contributed by atoms with van der Waals surface area (Å²) in [5, 5.41) is 0. The number of aromatic nitrogens is 2. The van der Waals surface area contributed by atoms with Gasteiger partial charge >= 0.3 is 0 Å². The van der Waals surface area contributed by atoms with Crippen LogP contribution in [0.25, 0.3) is 0 Å². The SMILES string of the molecule is CCCCCCCCCCCCCCCCCn1cc[n+](CCCCCCCCC)c1CCCCC. The second kappa shape index (κ2) is 25.8. The Balaban J connectivity index is 2.13. The van der Waals surface area contributed by atoms with Crippen molar-refractivity contribution in [2.45, 2.75) is 201 Å². The molecule has 1 heterocycles. The Kier molecular flexibility index (Phi) is 23.9. The number of nitrogens with zero attached hydrogens (tertiary/aromatic N) is 2. The average molecular weight is 504 g/mol. The molecule has 212 valence electrons. The highest BCUT2D eigenvalue weighted by Gasteiger charge is 2.16. The predicted molar refractivity (Wildman–Crippen MR) is 161 cm³/mol. The first-order valence-electron chi connectivity index (χ1n) is 16.9. The van der Waals surface area contributed by atoms with Crippen LogP contribution in [0, 0.1) is 0 Å². The summed E-state index contributed by atoms with van der Waals surface area (Å²) in [6.07, 6.45) is 41.5. The summed E-state index contributed by atoms with van der Waals surface area (Å²) in [7, 11) is 0. The van der Waals surface area contributed by atoms with E-state index in [1.165, 1.54) is 180 Å². The predicted octanol–water partition coefficient (Wildman–Crippen LogP) is 11.1. The highest BCUT2D eigenvalue weighted by atomic mass is 15.1. The monoisotopic (exact) mass is 504 g/mol. The molecule has 0 atom stereocenters. The molecule has 0 bridgehead atoms. The van der Waals surface area contributed by atoms with E-state index in [4.69, 9.17) is 0 Å². The van der Waals surface area contributed by atoms with E-state index >= 15 is 0 Å². The first-order chi connectivity index (χ1) is 17.8. The standard InChI is InChI=1S/C34H67N2/c1-4-7-10-12-14-15-16-17-18-19-20-21-23-25-28-31-36-33-32-35(34(36)29-26-9-6-3)30-27-24-22-13-11-8-5-2/h32-33H,4-31H2,1-3H3/q+1. The Bertz CT molecular complexity index is 562. The molecule has 0 aliphatic rings. The molecule has 0 aromatic carbocycles. The molecular weight excluding hydrogens is 436 g/mol. The van der Waals surface area contributed by atoms with Gasteiger partial charge in [-0.3, -0.25) is 0 Å². The molecule has 0 radical (unpaired) electrons. The molecule has 1 rings (SSSR count). The Morgan fingerprint density at radius 2 is 0.861 bits per heavy atom. The van der Waals surface area contributed by atoms with Crippen molar-refractivity contribution in [1.82, 2.24) is 4.57 Å². The smallest absolute Gasteiger partial charge is 0.234 e. The molecule has 0 saturated carbocycles. The van der Waals surface area contributed by atoms with Crippen molar-refractivity contribution in [2.75, 3.05) is 0 Å². The number of hydrogen-bond acceptors (Lipinski definition) is 0. The van der Waals surface area contributed by atoms with Crippen molar-refractivity contribution >= 4 is 0 Å². The van der Waals surface area contributed by atoms with Gasteiger partial charge in [-0.2, -0.15) is 0 Å². The maximum atomic E-state index is 2.60. The van der Waals surface area contributed by atoms with Gasteiger partial charge in [-0.25, -0.2) is 9.13 Å². The van der Waals surface area contributed by atoms with Gasteiger partial charge in [-0.1, -0.05) is 149 Å². The van der Waals surface area contributed by atoms with Gasteiger partial charge in [0.25, 0.3) is 5.82 Å². The molecule has 1 aromatic rings. The lowest BCUT2D eigenvalue weighted by Crippen LogP contribution is -2.37. The molecule has 0 fully saturated rings. The molecule has 2 heteroatoms. The van der Waals surface area contributed by atoms with Crippen LogP contribution >= 0.6 is 0 Å². The number of aryl methyl sites for hydroxylation is 2. The summed E-state index contributed by atoms with van der Waals surface area (Å²) in [5.74, 6) is 1.60. The second-order valence-electron chi connectivity index (χ2n) is 11.6. The average Bonchev–Trinajstić information content (AvgIpc) is 3.27. The molecule has 0 amide bonds. The Morgan fingerprint density at radius 1 is 0.472 bits per heavy atom. The van der Waals surface area contributed by atoms with Gasteiger partial charge < -0.3 is 0 Å². The number of hydrogen-bond donors (Lipinski definition) is 0. The highest BCUT2D eigenvalue weighted by Crippen LogP contribution is 2.14. The Hall–Kier alpha value is -0.790. The topological polar surface area (TPSA) is 8.81 Å². The van der Waals surface area contributed by atoms with Crippen LogP contribution in [0.3, 0.4) is 0 Å². The minimum absolute atomic E-state index is 1.22. The maximum absolute atomic E-state index is 2.60. The van der Waals surface area contributed by atoms with E-state index in [0.717, 1.165) is 0 Å². The zero-order valence-corrected chi connectivity index (χ0v) is 25.3. The van der Waals surface area contributed by atoms with Crippen molar-refractivity contribution in [1.29, 1.82) is 0 Å². The normalized spacial score (nSPS) is 11.5. The Morgan fingerprint density at radius 3 is 1.33 bits per heavy atom. The second-order valence-corrected chi connectivity index (χ2v) is 11.6. The fourth-order valence-corrected chi connectivity index (χ4v) is 5.62. The van der Waals surface area contributed by atoms with Crippen molar-refractivity contribution < 1.29 is 4.57 Å². The number of unbranched alkanes of at least 4 members (excludes halogenated alkanes) is 22. The zero-order chi connectivity index (χ0) is 25.9. The summed E-state index contributed by atoms with van der Waals surface area (Å²) >= 11 is 0. The summed E-state index contributed by atoms with van der Waals surface area (Å²) in [4.78, 5) is 0. The van der Waals surface area contributed by atoms with Crippen molar-refractivity contribution in [2.24, 2.45) is 0 Å². The van der Waals surface area contributed by atoms with E-state index in [-0.39, 0.29) is 0 Å². The van der Waals surface area contributed by atoms with E-state index < -0.39 is 0 Å². The van der Waals surface area contributed by atoms with Crippen molar-refractivity contribution in [3.05, 3.63) is 18.2 Å². The summed E-state index contributed by atoms with van der Waals surface area (Å²) in [6, 6.07) is 0. The van der Waals surface area contributed by atoms with Gasteiger partial charge in [0.15, 0.2) is 0 Å². The molecule has 0 spiro atoms. The third kappa shape index (κ3) is 18.5. The summed E-state index contributed by atoms with van der Waals surface area (Å²) in [6.45, 7) is 9.38. The fourth-order valence-electron chi connectivity index (χ4n) is 5.62. The van der Waals surface area contributed by atoms with E-state index in [9.17, 15) is 0 Å². The fraction of sp³-hybridized carbons (Fsp3) is 0.912. The minimum atomic E-state index is 1.22. The highest BCUT2D eigenvalue weighted by molar-refractivity contribution is 4.84. The van der Waals surface area contributed by atoms with E-state index in [0.29, 0.717) is 0 Å². The van der Waals surface area contributed by atoms with Crippen molar-refractivity contribution in [3.63, 3.8) is 0 Å². The van der Waals surface area contributed by atoms with E-state index in [2.05, 4.69) is 42.3 Å². The molecule has 0 aliphatic heterocycles. The van der Waals surface area contributed by atoms with Crippen LogP contribution < -0.4 is 4.57 Å². The van der Waals surface area contributed by atoms with Crippen LogP contribution in [0.4, 0.5) is 0 Å². The third-order valence-corrected chi connectivity index (χ3v) is 8.10. The number of rotatable bonds is 28. The molecule has 0 aliphatic carbocycles. The summed E-state index contributed by atoms with van der Waals surface area (Å²) < 4.78 is 5.19. The first kappa shape index (κ1) is 33.2. The van der Waals surface area contributed by atoms with Gasteiger partial charge in [0.1, 0.15) is 12.4 Å². The molecule has 0 saturated heterocycles. The molecular formula is C34H67N2+. The van der Waals surface area contributed by atoms with E-state index in [1.54, 1.807) is 5.82 Å². The first-order valence-corrected chi connectivity index (χ1v) is 16.9. The van der Waals surface area contributed by atoms with Gasteiger partial charge in [-0.05, 0) is 32.1 Å². The zero-order valence-electron chi connectivity index (χ0n) is 25.3. The lowest BCUT2D eigenvalue weighted by molar-refractivity contribution is -0.704. The molecule has 0 unspecified atom stereocenters. The lowest BCUT2D eigenvalue weighted by atomic mass is 10.0. The van der Waals surface area contributed by atoms with E-state index in [1.807, 2.05) is 0 Å². The molecule has 0 N–H and O–H groups in total. The lowest BCUT2D eigenvalue weighted by Gasteiger charge is -2.06. The van der Waals surface area contributed by atoms with Crippen LogP contribution in [0.1, 0.15) is 187 Å². The number of imidazole rings is 1. The largest absolute Gasteiger partial charge is 0.256 e.